The van der Waals surface area contributed by atoms with E-state index in [1.807, 2.05) is 24.0 Å². The van der Waals surface area contributed by atoms with Gasteiger partial charge in [0.2, 0.25) is 0 Å². The standard InChI is InChI=1S/C13H23N3S/c1-5-10(14)8-11-6-7-15-12(16-11)9-17-13(2,3)4/h6-7,10H,5,8-9,14H2,1-4H3. The Morgan fingerprint density at radius 3 is 2.71 bits per heavy atom. The van der Waals surface area contributed by atoms with Crippen molar-refractivity contribution >= 4 is 11.8 Å². The molecule has 0 aromatic carbocycles. The van der Waals surface area contributed by atoms with Gasteiger partial charge in [-0.1, -0.05) is 27.7 Å². The van der Waals surface area contributed by atoms with Crippen molar-refractivity contribution < 1.29 is 0 Å². The Hall–Kier alpha value is -0.610. The molecule has 0 amide bonds. The third-order valence-electron chi connectivity index (χ3n) is 2.39. The van der Waals surface area contributed by atoms with Crippen LogP contribution < -0.4 is 5.73 Å². The fraction of sp³-hybridized carbons (Fsp3) is 0.692. The van der Waals surface area contributed by atoms with Gasteiger partial charge < -0.3 is 5.73 Å². The molecule has 0 aliphatic heterocycles. The Balaban J connectivity index is 2.60. The van der Waals surface area contributed by atoms with Gasteiger partial charge >= 0.3 is 0 Å². The third kappa shape index (κ3) is 6.03. The van der Waals surface area contributed by atoms with Crippen LogP contribution in [0.4, 0.5) is 0 Å². The Kier molecular flexibility index (Phi) is 5.40. The van der Waals surface area contributed by atoms with Gasteiger partial charge in [-0.15, -0.1) is 11.8 Å². The molecule has 0 aliphatic rings. The number of thioether (sulfide) groups is 1. The lowest BCUT2D eigenvalue weighted by Gasteiger charge is -2.17. The molecule has 0 aliphatic carbocycles. The molecule has 1 heterocycles. The summed E-state index contributed by atoms with van der Waals surface area (Å²) in [7, 11) is 0. The van der Waals surface area contributed by atoms with Crippen LogP contribution in [0, 0.1) is 0 Å². The van der Waals surface area contributed by atoms with Crippen molar-refractivity contribution in [1.82, 2.24) is 9.97 Å². The van der Waals surface area contributed by atoms with E-state index in [2.05, 4.69) is 37.7 Å². The fourth-order valence-corrected chi connectivity index (χ4v) is 2.02. The van der Waals surface area contributed by atoms with E-state index in [0.29, 0.717) is 0 Å². The zero-order valence-corrected chi connectivity index (χ0v) is 12.0. The fourth-order valence-electron chi connectivity index (χ4n) is 1.32. The lowest BCUT2D eigenvalue weighted by Crippen LogP contribution is -2.22. The second-order valence-electron chi connectivity index (χ2n) is 5.24. The summed E-state index contributed by atoms with van der Waals surface area (Å²) in [5, 5.41) is 0. The number of rotatable bonds is 5. The normalized spacial score (nSPS) is 13.7. The zero-order chi connectivity index (χ0) is 12.9. The molecule has 1 atom stereocenters. The molecule has 2 N–H and O–H groups in total. The van der Waals surface area contributed by atoms with E-state index < -0.39 is 0 Å². The SMILES string of the molecule is CCC(N)Cc1ccnc(CSC(C)(C)C)n1. The van der Waals surface area contributed by atoms with Crippen LogP contribution >= 0.6 is 11.8 Å². The monoisotopic (exact) mass is 253 g/mol. The van der Waals surface area contributed by atoms with E-state index in [1.165, 1.54) is 0 Å². The second kappa shape index (κ2) is 6.36. The molecule has 0 bridgehead atoms. The van der Waals surface area contributed by atoms with Crippen LogP contribution in [-0.4, -0.2) is 20.8 Å². The van der Waals surface area contributed by atoms with E-state index in [4.69, 9.17) is 5.73 Å². The van der Waals surface area contributed by atoms with Crippen molar-refractivity contribution in [3.8, 4) is 0 Å². The maximum absolute atomic E-state index is 5.93. The van der Waals surface area contributed by atoms with Crippen LogP contribution in [0.15, 0.2) is 12.3 Å². The molecule has 0 radical (unpaired) electrons. The average Bonchev–Trinajstić information content (AvgIpc) is 2.26. The number of nitrogens with zero attached hydrogens (tertiary/aromatic N) is 2. The van der Waals surface area contributed by atoms with Gasteiger partial charge in [0.1, 0.15) is 5.82 Å². The molecule has 1 aromatic heterocycles. The molecule has 0 fully saturated rings. The van der Waals surface area contributed by atoms with E-state index in [-0.39, 0.29) is 10.8 Å². The van der Waals surface area contributed by atoms with Crippen molar-refractivity contribution in [2.24, 2.45) is 5.73 Å². The molecule has 1 aromatic rings. The Morgan fingerprint density at radius 1 is 1.41 bits per heavy atom. The Bertz CT molecular complexity index is 347. The molecule has 1 unspecified atom stereocenters. The van der Waals surface area contributed by atoms with Gasteiger partial charge in [-0.3, -0.25) is 0 Å². The van der Waals surface area contributed by atoms with Crippen molar-refractivity contribution in [3.05, 3.63) is 23.8 Å². The lowest BCUT2D eigenvalue weighted by molar-refractivity contribution is 0.633. The van der Waals surface area contributed by atoms with Crippen molar-refractivity contribution in [2.45, 2.75) is 57.1 Å². The van der Waals surface area contributed by atoms with Gasteiger partial charge in [-0.25, -0.2) is 9.97 Å². The molecule has 0 spiro atoms. The van der Waals surface area contributed by atoms with Gasteiger partial charge in [0.15, 0.2) is 0 Å². The first-order chi connectivity index (χ1) is 7.90. The largest absolute Gasteiger partial charge is 0.327 e. The molecular weight excluding hydrogens is 230 g/mol. The summed E-state index contributed by atoms with van der Waals surface area (Å²) < 4.78 is 0.249. The first kappa shape index (κ1) is 14.5. The van der Waals surface area contributed by atoms with E-state index in [1.54, 1.807) is 0 Å². The van der Waals surface area contributed by atoms with Crippen LogP contribution in [-0.2, 0) is 12.2 Å². The Morgan fingerprint density at radius 2 is 2.12 bits per heavy atom. The molecule has 1 rings (SSSR count). The van der Waals surface area contributed by atoms with Crippen molar-refractivity contribution in [2.75, 3.05) is 0 Å². The van der Waals surface area contributed by atoms with Crippen LogP contribution in [0.3, 0.4) is 0 Å². The molecule has 17 heavy (non-hydrogen) atoms. The predicted molar refractivity (Wildman–Crippen MR) is 75.1 cm³/mol. The highest BCUT2D eigenvalue weighted by Crippen LogP contribution is 2.25. The quantitative estimate of drug-likeness (QED) is 0.876. The minimum Gasteiger partial charge on any atom is -0.327 e. The first-order valence-corrected chi connectivity index (χ1v) is 7.09. The maximum Gasteiger partial charge on any atom is 0.138 e. The highest BCUT2D eigenvalue weighted by atomic mass is 32.2. The van der Waals surface area contributed by atoms with Gasteiger partial charge in [0.25, 0.3) is 0 Å². The summed E-state index contributed by atoms with van der Waals surface area (Å²) in [5.41, 5.74) is 6.99. The highest BCUT2D eigenvalue weighted by Gasteiger charge is 2.12. The summed E-state index contributed by atoms with van der Waals surface area (Å²) in [6, 6.07) is 2.16. The number of hydrogen-bond donors (Lipinski definition) is 1. The summed E-state index contributed by atoms with van der Waals surface area (Å²) in [6.45, 7) is 8.71. The van der Waals surface area contributed by atoms with Crippen molar-refractivity contribution in [1.29, 1.82) is 0 Å². The van der Waals surface area contributed by atoms with Gasteiger partial charge in [0.05, 0.1) is 5.75 Å². The van der Waals surface area contributed by atoms with Gasteiger partial charge in [-0.05, 0) is 12.5 Å². The lowest BCUT2D eigenvalue weighted by atomic mass is 10.1. The number of nitrogens with two attached hydrogens (primary N) is 1. The molecule has 0 saturated carbocycles. The van der Waals surface area contributed by atoms with Crippen LogP contribution in [0.2, 0.25) is 0 Å². The summed E-state index contributed by atoms with van der Waals surface area (Å²) in [4.78, 5) is 8.85. The zero-order valence-electron chi connectivity index (χ0n) is 11.2. The minimum atomic E-state index is 0.202. The first-order valence-electron chi connectivity index (χ1n) is 6.11. The second-order valence-corrected chi connectivity index (χ2v) is 7.04. The van der Waals surface area contributed by atoms with Crippen molar-refractivity contribution in [3.63, 3.8) is 0 Å². The molecule has 3 nitrogen and oxygen atoms in total. The van der Waals surface area contributed by atoms with E-state index in [9.17, 15) is 0 Å². The predicted octanol–water partition coefficient (Wildman–Crippen LogP) is 2.79. The summed E-state index contributed by atoms with van der Waals surface area (Å²) >= 11 is 1.86. The van der Waals surface area contributed by atoms with Crippen LogP contribution in [0.1, 0.15) is 45.6 Å². The maximum atomic E-state index is 5.93. The third-order valence-corrected chi connectivity index (χ3v) is 3.66. The molecule has 4 heteroatoms. The van der Waals surface area contributed by atoms with Crippen LogP contribution in [0.5, 0.6) is 0 Å². The van der Waals surface area contributed by atoms with E-state index >= 15 is 0 Å². The highest BCUT2D eigenvalue weighted by molar-refractivity contribution is 7.99. The summed E-state index contributed by atoms with van der Waals surface area (Å²) in [5.74, 6) is 1.77. The molecule has 0 saturated heterocycles. The van der Waals surface area contributed by atoms with Gasteiger partial charge in [0, 0.05) is 29.1 Å². The van der Waals surface area contributed by atoms with Crippen LogP contribution in [0.25, 0.3) is 0 Å². The topological polar surface area (TPSA) is 51.8 Å². The molecular formula is C13H23N3S. The Labute approximate surface area is 109 Å². The number of aromatic nitrogens is 2. The van der Waals surface area contributed by atoms with E-state index in [0.717, 1.165) is 30.1 Å². The van der Waals surface area contributed by atoms with Gasteiger partial charge in [-0.2, -0.15) is 0 Å². The summed E-state index contributed by atoms with van der Waals surface area (Å²) in [6.07, 6.45) is 3.66. The number of hydrogen-bond acceptors (Lipinski definition) is 4. The minimum absolute atomic E-state index is 0.202. The smallest absolute Gasteiger partial charge is 0.138 e. The average molecular weight is 253 g/mol. The molecule has 96 valence electrons.